The average molecular weight is 341 g/mol. The maximum absolute atomic E-state index is 6.48. The van der Waals surface area contributed by atoms with Crippen molar-refractivity contribution in [2.45, 2.75) is 19.8 Å². The average Bonchev–Trinajstić information content (AvgIpc) is 2.83. The predicted molar refractivity (Wildman–Crippen MR) is 87.5 cm³/mol. The standard InChI is InChI=1S/C15H12Cl3N3/c1-8(2)11-7-12-19-14(17)13(15(18)21(12)20-11)9-4-3-5-10(16)6-9/h3-8H,1-2H3. The van der Waals surface area contributed by atoms with E-state index in [9.17, 15) is 0 Å². The number of hydrogen-bond acceptors (Lipinski definition) is 2. The summed E-state index contributed by atoms with van der Waals surface area (Å²) in [6.45, 7) is 4.13. The van der Waals surface area contributed by atoms with Crippen LogP contribution in [0.15, 0.2) is 30.3 Å². The topological polar surface area (TPSA) is 30.2 Å². The number of hydrogen-bond donors (Lipinski definition) is 0. The molecule has 3 aromatic rings. The molecule has 0 radical (unpaired) electrons. The molecule has 3 rings (SSSR count). The Balaban J connectivity index is 2.28. The van der Waals surface area contributed by atoms with Gasteiger partial charge in [0.25, 0.3) is 0 Å². The third-order valence-electron chi connectivity index (χ3n) is 3.23. The van der Waals surface area contributed by atoms with Crippen molar-refractivity contribution in [1.29, 1.82) is 0 Å². The zero-order valence-electron chi connectivity index (χ0n) is 11.4. The molecule has 108 valence electrons. The second-order valence-electron chi connectivity index (χ2n) is 5.07. The molecular weight excluding hydrogens is 329 g/mol. The number of benzene rings is 1. The van der Waals surface area contributed by atoms with Crippen molar-refractivity contribution in [2.75, 3.05) is 0 Å². The van der Waals surface area contributed by atoms with Gasteiger partial charge in [0.2, 0.25) is 0 Å². The molecule has 0 saturated heterocycles. The van der Waals surface area contributed by atoms with Gasteiger partial charge in [-0.25, -0.2) is 9.50 Å². The van der Waals surface area contributed by atoms with Gasteiger partial charge in [0.1, 0.15) is 10.3 Å². The van der Waals surface area contributed by atoms with Crippen molar-refractivity contribution < 1.29 is 0 Å². The van der Waals surface area contributed by atoms with Crippen molar-refractivity contribution in [1.82, 2.24) is 14.6 Å². The molecule has 3 nitrogen and oxygen atoms in total. The van der Waals surface area contributed by atoms with Crippen LogP contribution in [0, 0.1) is 0 Å². The Kier molecular flexibility index (Phi) is 3.82. The van der Waals surface area contributed by atoms with Crippen molar-refractivity contribution >= 4 is 40.4 Å². The molecule has 0 bridgehead atoms. The van der Waals surface area contributed by atoms with Gasteiger partial charge in [-0.1, -0.05) is 60.8 Å². The first-order valence-corrected chi connectivity index (χ1v) is 7.61. The smallest absolute Gasteiger partial charge is 0.158 e. The van der Waals surface area contributed by atoms with E-state index < -0.39 is 0 Å². The van der Waals surface area contributed by atoms with Crippen LogP contribution in [-0.4, -0.2) is 14.6 Å². The molecule has 2 aromatic heterocycles. The first-order valence-electron chi connectivity index (χ1n) is 6.48. The van der Waals surface area contributed by atoms with Crippen LogP contribution in [0.1, 0.15) is 25.5 Å². The van der Waals surface area contributed by atoms with E-state index in [1.165, 1.54) is 0 Å². The lowest BCUT2D eigenvalue weighted by Crippen LogP contribution is -1.98. The molecule has 0 saturated carbocycles. The molecule has 1 aromatic carbocycles. The Labute approximate surface area is 137 Å². The molecule has 6 heteroatoms. The van der Waals surface area contributed by atoms with E-state index in [0.717, 1.165) is 11.3 Å². The highest BCUT2D eigenvalue weighted by Crippen LogP contribution is 2.35. The number of nitrogens with zero attached hydrogens (tertiary/aromatic N) is 3. The van der Waals surface area contributed by atoms with E-state index in [2.05, 4.69) is 23.9 Å². The lowest BCUT2D eigenvalue weighted by molar-refractivity contribution is 0.787. The summed E-state index contributed by atoms with van der Waals surface area (Å²) in [7, 11) is 0. The van der Waals surface area contributed by atoms with Crippen LogP contribution >= 0.6 is 34.8 Å². The van der Waals surface area contributed by atoms with E-state index >= 15 is 0 Å². The summed E-state index contributed by atoms with van der Waals surface area (Å²) < 4.78 is 1.61. The Morgan fingerprint density at radius 2 is 1.86 bits per heavy atom. The van der Waals surface area contributed by atoms with Gasteiger partial charge in [-0.05, 0) is 23.6 Å². The number of rotatable bonds is 2. The fourth-order valence-corrected chi connectivity index (χ4v) is 2.97. The summed E-state index contributed by atoms with van der Waals surface area (Å²) >= 11 is 18.8. The molecule has 0 N–H and O–H groups in total. The maximum atomic E-state index is 6.48. The van der Waals surface area contributed by atoms with E-state index in [1.807, 2.05) is 18.2 Å². The van der Waals surface area contributed by atoms with E-state index in [-0.39, 0.29) is 5.92 Å². The molecule has 2 heterocycles. The van der Waals surface area contributed by atoms with E-state index in [1.54, 1.807) is 16.6 Å². The lowest BCUT2D eigenvalue weighted by atomic mass is 10.1. The largest absolute Gasteiger partial charge is 0.216 e. The molecule has 0 amide bonds. The molecule has 21 heavy (non-hydrogen) atoms. The van der Waals surface area contributed by atoms with Crippen molar-refractivity contribution in [3.63, 3.8) is 0 Å². The second kappa shape index (κ2) is 5.48. The van der Waals surface area contributed by atoms with Crippen LogP contribution in [0.4, 0.5) is 0 Å². The Bertz CT molecular complexity index is 824. The van der Waals surface area contributed by atoms with Gasteiger partial charge in [-0.2, -0.15) is 5.10 Å². The van der Waals surface area contributed by atoms with Crippen LogP contribution < -0.4 is 0 Å². The quantitative estimate of drug-likeness (QED) is 0.578. The highest BCUT2D eigenvalue weighted by molar-refractivity contribution is 6.38. The lowest BCUT2D eigenvalue weighted by Gasteiger charge is -2.08. The Hall–Kier alpha value is -1.29. The summed E-state index contributed by atoms with van der Waals surface area (Å²) in [4.78, 5) is 4.38. The normalized spacial score (nSPS) is 11.5. The fraction of sp³-hybridized carbons (Fsp3) is 0.200. The zero-order valence-corrected chi connectivity index (χ0v) is 13.7. The van der Waals surface area contributed by atoms with Crippen molar-refractivity contribution in [3.8, 4) is 11.1 Å². The maximum Gasteiger partial charge on any atom is 0.158 e. The minimum absolute atomic E-state index is 0.288. The molecule has 0 spiro atoms. The Morgan fingerprint density at radius 3 is 2.52 bits per heavy atom. The van der Waals surface area contributed by atoms with E-state index in [4.69, 9.17) is 34.8 Å². The summed E-state index contributed by atoms with van der Waals surface area (Å²) in [5.41, 5.74) is 3.00. The van der Waals surface area contributed by atoms with E-state index in [0.29, 0.717) is 26.5 Å². The van der Waals surface area contributed by atoms with Gasteiger partial charge in [-0.15, -0.1) is 0 Å². The van der Waals surface area contributed by atoms with Crippen LogP contribution in [0.5, 0.6) is 0 Å². The Morgan fingerprint density at radius 1 is 1.10 bits per heavy atom. The molecule has 0 unspecified atom stereocenters. The second-order valence-corrected chi connectivity index (χ2v) is 6.23. The number of halogens is 3. The van der Waals surface area contributed by atoms with Crippen LogP contribution in [0.3, 0.4) is 0 Å². The van der Waals surface area contributed by atoms with Crippen molar-refractivity contribution in [2.24, 2.45) is 0 Å². The molecule has 0 aliphatic carbocycles. The molecule has 0 aliphatic rings. The number of fused-ring (bicyclic) bond motifs is 1. The monoisotopic (exact) mass is 339 g/mol. The summed E-state index contributed by atoms with van der Waals surface area (Å²) in [5, 5.41) is 5.87. The molecule has 0 atom stereocenters. The minimum atomic E-state index is 0.288. The summed E-state index contributed by atoms with van der Waals surface area (Å²) in [6.07, 6.45) is 0. The highest BCUT2D eigenvalue weighted by Gasteiger charge is 2.17. The highest BCUT2D eigenvalue weighted by atomic mass is 35.5. The minimum Gasteiger partial charge on any atom is -0.216 e. The SMILES string of the molecule is CC(C)c1cc2nc(Cl)c(-c3cccc(Cl)c3)c(Cl)n2n1. The van der Waals surface area contributed by atoms with Crippen molar-refractivity contribution in [3.05, 3.63) is 51.4 Å². The van der Waals surface area contributed by atoms with Gasteiger partial charge in [0, 0.05) is 11.1 Å². The predicted octanol–water partition coefficient (Wildman–Crippen LogP) is 5.48. The van der Waals surface area contributed by atoms with Gasteiger partial charge < -0.3 is 0 Å². The van der Waals surface area contributed by atoms with Crippen LogP contribution in [-0.2, 0) is 0 Å². The summed E-state index contributed by atoms with van der Waals surface area (Å²) in [5.74, 6) is 0.288. The first kappa shape index (κ1) is 14.6. The van der Waals surface area contributed by atoms with Gasteiger partial charge >= 0.3 is 0 Å². The molecule has 0 aliphatic heterocycles. The fourth-order valence-electron chi connectivity index (χ4n) is 2.12. The molecule has 0 fully saturated rings. The first-order chi connectivity index (χ1) is 9.97. The number of aromatic nitrogens is 3. The van der Waals surface area contributed by atoms with Gasteiger partial charge in [0.15, 0.2) is 5.65 Å². The van der Waals surface area contributed by atoms with Gasteiger partial charge in [-0.3, -0.25) is 0 Å². The molecular formula is C15H12Cl3N3. The van der Waals surface area contributed by atoms with Crippen LogP contribution in [0.25, 0.3) is 16.8 Å². The zero-order chi connectivity index (χ0) is 15.1. The summed E-state index contributed by atoms with van der Waals surface area (Å²) in [6, 6.07) is 9.22. The van der Waals surface area contributed by atoms with Gasteiger partial charge in [0.05, 0.1) is 11.3 Å². The third kappa shape index (κ3) is 2.61. The van der Waals surface area contributed by atoms with Crippen LogP contribution in [0.2, 0.25) is 15.3 Å². The third-order valence-corrected chi connectivity index (χ3v) is 4.08.